The summed E-state index contributed by atoms with van der Waals surface area (Å²) in [6.45, 7) is 25.7. The van der Waals surface area contributed by atoms with Crippen LogP contribution in [0.1, 0.15) is 81.6 Å². The predicted octanol–water partition coefficient (Wildman–Crippen LogP) is 6.35. The van der Waals surface area contributed by atoms with Crippen molar-refractivity contribution >= 4 is 22.1 Å². The number of ether oxygens (including phenoxy) is 2. The molecule has 0 unspecified atom stereocenters. The van der Waals surface area contributed by atoms with Gasteiger partial charge in [0.25, 0.3) is 0 Å². The molecule has 2 heterocycles. The molecule has 1 N–H and O–H groups in total. The lowest BCUT2D eigenvalue weighted by atomic mass is 9.51. The van der Waals surface area contributed by atoms with E-state index in [2.05, 4.69) is 98.3 Å². The Morgan fingerprint density at radius 1 is 1.06 bits per heavy atom. The number of carbonyl (C=O) groups excluding carboxylic acids is 1. The highest BCUT2D eigenvalue weighted by atomic mass is 28.3. The van der Waals surface area contributed by atoms with Crippen LogP contribution in [0, 0.1) is 39.7 Å². The monoisotopic (exact) mass is 530 g/mol. The average Bonchev–Trinajstić information content (AvgIpc) is 3.12. The smallest absolute Gasteiger partial charge is 0.328 e. The third kappa shape index (κ3) is 4.45. The standard InChI is InChI=1S/C30H50O4Si2/c1-21(2)36(22(3)4,23(5)6)17-12-13-24-26-29(19-31,20-33-24)15-14-25-30(26,27(32)34-25)16-18-35(10,11)28(7,8)9/h21-26,31H,13-15,19-20H2,1-11H3/t24-,25+,26-,29+,30+/m1/s1. The molecular formula is C30H50O4Si2. The number of rotatable bonds is 5. The van der Waals surface area contributed by atoms with E-state index < -0.39 is 27.0 Å². The maximum Gasteiger partial charge on any atom is 0.328 e. The van der Waals surface area contributed by atoms with Crippen LogP contribution in [-0.4, -0.2) is 52.6 Å². The maximum absolute atomic E-state index is 13.3. The molecule has 0 radical (unpaired) electrons. The lowest BCUT2D eigenvalue weighted by Crippen LogP contribution is -2.68. The number of hydrogen-bond donors (Lipinski definition) is 1. The van der Waals surface area contributed by atoms with Gasteiger partial charge in [-0.2, -0.15) is 0 Å². The minimum absolute atomic E-state index is 0.00773. The molecule has 5 atom stereocenters. The van der Waals surface area contributed by atoms with E-state index in [0.29, 0.717) is 29.7 Å². The lowest BCUT2D eigenvalue weighted by molar-refractivity contribution is -0.227. The number of aliphatic hydroxyl groups is 1. The SMILES string of the molecule is CC(C)[Si](C#CC[C@H]1OC[C@@]2(CO)CC[C@@H]3OC(=O)[C@]3(C#C[Si](C)(C)C(C)(C)C)[C@H]12)(C(C)C)C(C)C. The van der Waals surface area contributed by atoms with Gasteiger partial charge in [-0.1, -0.05) is 81.3 Å². The van der Waals surface area contributed by atoms with Gasteiger partial charge < -0.3 is 14.6 Å². The summed E-state index contributed by atoms with van der Waals surface area (Å²) in [4.78, 5) is 13.3. The lowest BCUT2D eigenvalue weighted by Gasteiger charge is -2.56. The number of hydrogen-bond acceptors (Lipinski definition) is 4. The molecule has 0 aromatic carbocycles. The van der Waals surface area contributed by atoms with Crippen LogP contribution in [-0.2, 0) is 14.3 Å². The van der Waals surface area contributed by atoms with Crippen molar-refractivity contribution in [1.29, 1.82) is 0 Å². The minimum Gasteiger partial charge on any atom is -0.459 e. The third-order valence-electron chi connectivity index (χ3n) is 10.4. The molecule has 2 saturated heterocycles. The van der Waals surface area contributed by atoms with Gasteiger partial charge in [0.1, 0.15) is 22.3 Å². The molecule has 0 bridgehead atoms. The van der Waals surface area contributed by atoms with Gasteiger partial charge >= 0.3 is 5.97 Å². The molecule has 202 valence electrons. The second-order valence-electron chi connectivity index (χ2n) is 14.2. The van der Waals surface area contributed by atoms with Gasteiger partial charge in [-0.15, -0.1) is 17.0 Å². The fourth-order valence-electron chi connectivity index (χ4n) is 7.08. The van der Waals surface area contributed by atoms with Crippen LogP contribution in [0.5, 0.6) is 0 Å². The van der Waals surface area contributed by atoms with Gasteiger partial charge in [-0.05, 0) is 34.5 Å². The molecule has 36 heavy (non-hydrogen) atoms. The summed E-state index contributed by atoms with van der Waals surface area (Å²) in [5.41, 5.74) is 7.82. The largest absolute Gasteiger partial charge is 0.459 e. The molecule has 6 heteroatoms. The summed E-state index contributed by atoms with van der Waals surface area (Å²) in [5, 5.41) is 10.7. The molecule has 3 aliphatic rings. The van der Waals surface area contributed by atoms with Gasteiger partial charge in [-0.3, -0.25) is 4.79 Å². The Bertz CT molecular complexity index is 949. The van der Waals surface area contributed by atoms with E-state index in [1.165, 1.54) is 0 Å². The molecule has 1 saturated carbocycles. The summed E-state index contributed by atoms with van der Waals surface area (Å²) >= 11 is 0. The van der Waals surface area contributed by atoms with E-state index in [1.54, 1.807) is 0 Å². The second kappa shape index (κ2) is 9.92. The fourth-order valence-corrected chi connectivity index (χ4v) is 13.2. The van der Waals surface area contributed by atoms with Crippen LogP contribution in [0.15, 0.2) is 0 Å². The Kier molecular flexibility index (Phi) is 8.13. The van der Waals surface area contributed by atoms with E-state index in [0.717, 1.165) is 12.8 Å². The average molecular weight is 531 g/mol. The van der Waals surface area contributed by atoms with Gasteiger partial charge in [-0.25, -0.2) is 0 Å². The van der Waals surface area contributed by atoms with Crippen molar-refractivity contribution in [3.8, 4) is 22.9 Å². The zero-order valence-corrected chi connectivity index (χ0v) is 26.7. The van der Waals surface area contributed by atoms with Crippen molar-refractivity contribution < 1.29 is 19.4 Å². The molecule has 3 rings (SSSR count). The number of esters is 1. The van der Waals surface area contributed by atoms with Crippen molar-refractivity contribution in [2.24, 2.45) is 16.7 Å². The number of carbonyl (C=O) groups is 1. The van der Waals surface area contributed by atoms with Crippen LogP contribution >= 0.6 is 0 Å². The van der Waals surface area contributed by atoms with E-state index >= 15 is 0 Å². The molecule has 2 aliphatic heterocycles. The van der Waals surface area contributed by atoms with Crippen molar-refractivity contribution in [2.45, 2.75) is 129 Å². The third-order valence-corrected chi connectivity index (χ3v) is 21.2. The van der Waals surface area contributed by atoms with Crippen LogP contribution < -0.4 is 0 Å². The van der Waals surface area contributed by atoms with Gasteiger partial charge in [0.05, 0.1) is 19.3 Å². The van der Waals surface area contributed by atoms with E-state index in [1.807, 2.05) is 0 Å². The summed E-state index contributed by atoms with van der Waals surface area (Å²) in [5.74, 6) is 6.74. The van der Waals surface area contributed by atoms with Gasteiger partial charge in [0.2, 0.25) is 0 Å². The van der Waals surface area contributed by atoms with Crippen molar-refractivity contribution in [3.63, 3.8) is 0 Å². The Morgan fingerprint density at radius 3 is 2.11 bits per heavy atom. The Balaban J connectivity index is 2.05. The molecule has 3 fully saturated rings. The molecule has 4 nitrogen and oxygen atoms in total. The summed E-state index contributed by atoms with van der Waals surface area (Å²) < 4.78 is 12.1. The highest BCUT2D eigenvalue weighted by molar-refractivity contribution is 6.90. The number of aliphatic hydroxyl groups excluding tert-OH is 1. The molecule has 1 aliphatic carbocycles. The van der Waals surface area contributed by atoms with Crippen LogP contribution in [0.4, 0.5) is 0 Å². The van der Waals surface area contributed by atoms with E-state index in [4.69, 9.17) is 9.47 Å². The normalized spacial score (nSPS) is 32.2. The summed E-state index contributed by atoms with van der Waals surface area (Å²) in [6.07, 6.45) is 1.69. The molecule has 0 spiro atoms. The Labute approximate surface area is 222 Å². The first kappa shape index (κ1) is 29.5. The van der Waals surface area contributed by atoms with Gasteiger partial charge in [0, 0.05) is 17.8 Å². The Hall–Kier alpha value is -1.06. The quantitative estimate of drug-likeness (QED) is 0.256. The molecular weight excluding hydrogens is 480 g/mol. The van der Waals surface area contributed by atoms with Crippen LogP contribution in [0.3, 0.4) is 0 Å². The van der Waals surface area contributed by atoms with Crippen molar-refractivity contribution in [3.05, 3.63) is 0 Å². The topological polar surface area (TPSA) is 55.8 Å². The van der Waals surface area contributed by atoms with Crippen LogP contribution in [0.2, 0.25) is 34.8 Å². The first-order chi connectivity index (χ1) is 16.5. The van der Waals surface area contributed by atoms with Crippen LogP contribution in [0.25, 0.3) is 0 Å². The van der Waals surface area contributed by atoms with Gasteiger partial charge in [0.15, 0.2) is 5.41 Å². The zero-order valence-electron chi connectivity index (χ0n) is 24.7. The first-order valence-electron chi connectivity index (χ1n) is 14.0. The highest BCUT2D eigenvalue weighted by Crippen LogP contribution is 2.62. The first-order valence-corrected chi connectivity index (χ1v) is 19.2. The molecule has 0 amide bonds. The minimum atomic E-state index is -1.94. The highest BCUT2D eigenvalue weighted by Gasteiger charge is 2.73. The fraction of sp³-hybridized carbons (Fsp3) is 0.833. The Morgan fingerprint density at radius 2 is 1.64 bits per heavy atom. The van der Waals surface area contributed by atoms with E-state index in [-0.39, 0.29) is 35.7 Å². The zero-order chi connectivity index (χ0) is 27.3. The van der Waals surface area contributed by atoms with E-state index in [9.17, 15) is 9.90 Å². The maximum atomic E-state index is 13.3. The van der Waals surface area contributed by atoms with Crippen molar-refractivity contribution in [1.82, 2.24) is 0 Å². The summed E-state index contributed by atoms with van der Waals surface area (Å²) in [6, 6.07) is 0. The van der Waals surface area contributed by atoms with Crippen molar-refractivity contribution in [2.75, 3.05) is 13.2 Å². The number of fused-ring (bicyclic) bond motifs is 3. The molecule has 0 aromatic heterocycles. The summed E-state index contributed by atoms with van der Waals surface area (Å²) in [7, 11) is -3.80. The second-order valence-corrected chi connectivity index (χ2v) is 24.8. The molecule has 0 aromatic rings. The predicted molar refractivity (Wildman–Crippen MR) is 153 cm³/mol.